The average Bonchev–Trinajstić information content (AvgIpc) is 1.98. The van der Waals surface area contributed by atoms with Gasteiger partial charge in [-0.15, -0.1) is 0 Å². The minimum Gasteiger partial charge on any atom is -0.299 e. The molecule has 2 saturated carbocycles. The molecule has 60 valence electrons. The molecule has 2 rings (SSSR count). The fraction of sp³-hybridized carbons (Fsp3) is 0.700. The van der Waals surface area contributed by atoms with Crippen LogP contribution in [0.25, 0.3) is 0 Å². The Morgan fingerprint density at radius 1 is 1.27 bits per heavy atom. The van der Waals surface area contributed by atoms with Gasteiger partial charge in [0.15, 0.2) is 0 Å². The first-order valence-corrected chi connectivity index (χ1v) is 4.50. The van der Waals surface area contributed by atoms with Gasteiger partial charge >= 0.3 is 0 Å². The Morgan fingerprint density at radius 2 is 2.09 bits per heavy atom. The van der Waals surface area contributed by atoms with Gasteiger partial charge in [0.05, 0.1) is 0 Å². The molecule has 2 fully saturated rings. The van der Waals surface area contributed by atoms with E-state index in [0.717, 1.165) is 25.7 Å². The molecule has 11 heavy (non-hydrogen) atoms. The molecule has 0 radical (unpaired) electrons. The first-order chi connectivity index (χ1) is 5.29. The van der Waals surface area contributed by atoms with Crippen molar-refractivity contribution in [3.63, 3.8) is 0 Å². The van der Waals surface area contributed by atoms with Gasteiger partial charge in [-0.2, -0.15) is 0 Å². The normalized spacial score (nSPS) is 37.5. The van der Waals surface area contributed by atoms with Gasteiger partial charge in [0.1, 0.15) is 5.78 Å². The summed E-state index contributed by atoms with van der Waals surface area (Å²) < 4.78 is 0. The van der Waals surface area contributed by atoms with Gasteiger partial charge < -0.3 is 0 Å². The van der Waals surface area contributed by atoms with Gasteiger partial charge in [-0.05, 0) is 25.7 Å². The Labute approximate surface area is 67.5 Å². The molecule has 0 N–H and O–H groups in total. The zero-order valence-electron chi connectivity index (χ0n) is 6.81. The Bertz CT molecular complexity index is 205. The van der Waals surface area contributed by atoms with Crippen LogP contribution in [-0.4, -0.2) is 5.78 Å². The van der Waals surface area contributed by atoms with E-state index in [-0.39, 0.29) is 5.92 Å². The maximum absolute atomic E-state index is 11.6. The second-order valence-corrected chi connectivity index (χ2v) is 3.78. The molecule has 2 aliphatic rings. The number of carbonyl (C=O) groups excluding carboxylic acids is 1. The highest BCUT2D eigenvalue weighted by atomic mass is 16.1. The van der Waals surface area contributed by atoms with Gasteiger partial charge in [0, 0.05) is 11.8 Å². The van der Waals surface area contributed by atoms with Crippen LogP contribution in [0.2, 0.25) is 0 Å². The predicted octanol–water partition coefficient (Wildman–Crippen LogP) is 2.32. The molecule has 0 aromatic heterocycles. The summed E-state index contributed by atoms with van der Waals surface area (Å²) in [6.45, 7) is 3.96. The van der Waals surface area contributed by atoms with Crippen LogP contribution in [0.3, 0.4) is 0 Å². The van der Waals surface area contributed by atoms with Crippen molar-refractivity contribution < 1.29 is 4.79 Å². The molecule has 2 aliphatic carbocycles. The summed E-state index contributed by atoms with van der Waals surface area (Å²) in [5.41, 5.74) is 1.20. The lowest BCUT2D eigenvalue weighted by Gasteiger charge is -2.34. The smallest absolute Gasteiger partial charge is 0.143 e. The van der Waals surface area contributed by atoms with Gasteiger partial charge in [0.2, 0.25) is 0 Å². The molecular weight excluding hydrogens is 136 g/mol. The molecule has 0 aliphatic heterocycles. The Hall–Kier alpha value is -0.590. The number of hydrogen-bond acceptors (Lipinski definition) is 1. The lowest BCUT2D eigenvalue weighted by atomic mass is 9.69. The molecule has 2 unspecified atom stereocenters. The molecule has 2 bridgehead atoms. The molecular formula is C10H14O. The van der Waals surface area contributed by atoms with E-state index in [1.807, 2.05) is 0 Å². The standard InChI is InChI=1S/C10H14O/c1-7-5-6-8-3-2-4-9(7)10(8)11/h8-9H,1-6H2. The minimum atomic E-state index is 0.252. The highest BCUT2D eigenvalue weighted by molar-refractivity contribution is 5.87. The first kappa shape index (κ1) is 7.08. The molecule has 1 nitrogen and oxygen atoms in total. The zero-order valence-corrected chi connectivity index (χ0v) is 6.81. The maximum atomic E-state index is 11.6. The third-order valence-electron chi connectivity index (χ3n) is 3.10. The number of rotatable bonds is 0. The summed E-state index contributed by atoms with van der Waals surface area (Å²) >= 11 is 0. The molecule has 2 atom stereocenters. The summed E-state index contributed by atoms with van der Waals surface area (Å²) in [5, 5.41) is 0. The number of ketones is 1. The quantitative estimate of drug-likeness (QED) is 0.484. The predicted molar refractivity (Wildman–Crippen MR) is 44.2 cm³/mol. The van der Waals surface area contributed by atoms with E-state index in [4.69, 9.17) is 0 Å². The van der Waals surface area contributed by atoms with Gasteiger partial charge in [-0.25, -0.2) is 0 Å². The van der Waals surface area contributed by atoms with Crippen LogP contribution < -0.4 is 0 Å². The Kier molecular flexibility index (Phi) is 1.59. The fourth-order valence-electron chi connectivity index (χ4n) is 2.36. The lowest BCUT2D eigenvalue weighted by molar-refractivity contribution is -0.129. The van der Waals surface area contributed by atoms with Crippen LogP contribution in [0.1, 0.15) is 32.1 Å². The van der Waals surface area contributed by atoms with Crippen LogP contribution in [0, 0.1) is 11.8 Å². The summed E-state index contributed by atoms with van der Waals surface area (Å²) in [6, 6.07) is 0. The molecule has 1 heteroatoms. The van der Waals surface area contributed by atoms with Crippen LogP contribution in [0.4, 0.5) is 0 Å². The summed E-state index contributed by atoms with van der Waals surface area (Å²) in [6.07, 6.45) is 5.63. The molecule has 0 spiro atoms. The summed E-state index contributed by atoms with van der Waals surface area (Å²) in [7, 11) is 0. The first-order valence-electron chi connectivity index (χ1n) is 4.50. The van der Waals surface area contributed by atoms with Crippen molar-refractivity contribution in [1.82, 2.24) is 0 Å². The molecule has 0 amide bonds. The third kappa shape index (κ3) is 1.03. The lowest BCUT2D eigenvalue weighted by Crippen LogP contribution is -2.33. The van der Waals surface area contributed by atoms with E-state index in [2.05, 4.69) is 6.58 Å². The van der Waals surface area contributed by atoms with Crippen molar-refractivity contribution >= 4 is 5.78 Å². The highest BCUT2D eigenvalue weighted by Crippen LogP contribution is 2.39. The molecule has 0 heterocycles. The van der Waals surface area contributed by atoms with Crippen molar-refractivity contribution in [3.05, 3.63) is 12.2 Å². The number of fused-ring (bicyclic) bond motifs is 2. The van der Waals surface area contributed by atoms with Crippen LogP contribution >= 0.6 is 0 Å². The maximum Gasteiger partial charge on any atom is 0.143 e. The second-order valence-electron chi connectivity index (χ2n) is 3.78. The van der Waals surface area contributed by atoms with Gasteiger partial charge in [0.25, 0.3) is 0 Å². The van der Waals surface area contributed by atoms with Crippen molar-refractivity contribution in [2.24, 2.45) is 11.8 Å². The number of hydrogen-bond donors (Lipinski definition) is 0. The van der Waals surface area contributed by atoms with E-state index in [9.17, 15) is 4.79 Å². The third-order valence-corrected chi connectivity index (χ3v) is 3.10. The van der Waals surface area contributed by atoms with Crippen LogP contribution in [0.15, 0.2) is 12.2 Å². The summed E-state index contributed by atoms with van der Waals surface area (Å²) in [4.78, 5) is 11.6. The number of carbonyl (C=O) groups is 1. The highest BCUT2D eigenvalue weighted by Gasteiger charge is 2.36. The van der Waals surface area contributed by atoms with Crippen molar-refractivity contribution in [1.29, 1.82) is 0 Å². The Morgan fingerprint density at radius 3 is 2.82 bits per heavy atom. The van der Waals surface area contributed by atoms with Crippen molar-refractivity contribution in [2.45, 2.75) is 32.1 Å². The topological polar surface area (TPSA) is 17.1 Å². The van der Waals surface area contributed by atoms with E-state index in [0.29, 0.717) is 11.7 Å². The van der Waals surface area contributed by atoms with Crippen molar-refractivity contribution in [2.75, 3.05) is 0 Å². The van der Waals surface area contributed by atoms with Crippen LogP contribution in [0.5, 0.6) is 0 Å². The SMILES string of the molecule is C=C1CCC2CCCC1C2=O. The van der Waals surface area contributed by atoms with Crippen molar-refractivity contribution in [3.8, 4) is 0 Å². The van der Waals surface area contributed by atoms with E-state index >= 15 is 0 Å². The minimum absolute atomic E-state index is 0.252. The zero-order chi connectivity index (χ0) is 7.84. The van der Waals surface area contributed by atoms with E-state index < -0.39 is 0 Å². The van der Waals surface area contributed by atoms with Gasteiger partial charge in [-0.3, -0.25) is 4.79 Å². The largest absolute Gasteiger partial charge is 0.299 e. The number of Topliss-reactive ketones (excluding diaryl/α,β-unsaturated/α-hetero) is 1. The monoisotopic (exact) mass is 150 g/mol. The fourth-order valence-corrected chi connectivity index (χ4v) is 2.36. The molecule has 0 aromatic rings. The average molecular weight is 150 g/mol. The van der Waals surface area contributed by atoms with E-state index in [1.165, 1.54) is 12.0 Å². The van der Waals surface area contributed by atoms with Gasteiger partial charge in [-0.1, -0.05) is 18.6 Å². The number of allylic oxidation sites excluding steroid dienone is 1. The molecule has 0 aromatic carbocycles. The van der Waals surface area contributed by atoms with E-state index in [1.54, 1.807) is 0 Å². The van der Waals surface area contributed by atoms with Crippen LogP contribution in [-0.2, 0) is 4.79 Å². The second kappa shape index (κ2) is 2.47. The summed E-state index contributed by atoms with van der Waals surface area (Å²) in [5.74, 6) is 1.15. The molecule has 0 saturated heterocycles. The Balaban J connectivity index is 2.22.